The smallest absolute Gasteiger partial charge is 0.157 e. The first-order valence-corrected chi connectivity index (χ1v) is 6.88. The second-order valence-electron chi connectivity index (χ2n) is 5.08. The highest BCUT2D eigenvalue weighted by molar-refractivity contribution is 5.90. The molecule has 0 saturated carbocycles. The molecule has 0 radical (unpaired) electrons. The summed E-state index contributed by atoms with van der Waals surface area (Å²) in [6.07, 6.45) is 10.5. The normalized spacial score (nSPS) is 20.6. The summed E-state index contributed by atoms with van der Waals surface area (Å²) in [7, 11) is 2.10. The Morgan fingerprint density at radius 3 is 2.79 bits per heavy atom. The Morgan fingerprint density at radius 2 is 2.11 bits per heavy atom. The minimum Gasteiger partial charge on any atom is -0.303 e. The Morgan fingerprint density at radius 1 is 1.32 bits per heavy atom. The van der Waals surface area contributed by atoms with E-state index in [0.717, 1.165) is 18.5 Å². The van der Waals surface area contributed by atoms with Crippen molar-refractivity contribution in [3.8, 4) is 0 Å². The second-order valence-corrected chi connectivity index (χ2v) is 5.08. The van der Waals surface area contributed by atoms with E-state index in [1.807, 2.05) is 48.6 Å². The summed E-state index contributed by atoms with van der Waals surface area (Å²) in [6, 6.07) is 10.5. The Labute approximate surface area is 115 Å². The maximum absolute atomic E-state index is 11.8. The first kappa shape index (κ1) is 13.8. The topological polar surface area (TPSA) is 20.3 Å². The highest BCUT2D eigenvalue weighted by Gasteiger charge is 2.22. The molecule has 1 aliphatic rings. The lowest BCUT2D eigenvalue weighted by Gasteiger charge is -2.17. The van der Waals surface area contributed by atoms with Crippen LogP contribution in [0.4, 0.5) is 0 Å². The number of benzene rings is 1. The molecule has 2 heteroatoms. The summed E-state index contributed by atoms with van der Waals surface area (Å²) in [6.45, 7) is 1.12. The van der Waals surface area contributed by atoms with Gasteiger partial charge in [0.1, 0.15) is 0 Å². The SMILES string of the molecule is CN1CCCC1CC(=O)C=CC=Cc1ccccc1. The molecule has 1 unspecified atom stereocenters. The van der Waals surface area contributed by atoms with Crippen LogP contribution in [0.3, 0.4) is 0 Å². The Balaban J connectivity index is 1.79. The average Bonchev–Trinajstić information content (AvgIpc) is 2.82. The van der Waals surface area contributed by atoms with Gasteiger partial charge in [0, 0.05) is 12.5 Å². The van der Waals surface area contributed by atoms with E-state index in [2.05, 4.69) is 11.9 Å². The van der Waals surface area contributed by atoms with Crippen LogP contribution in [0.25, 0.3) is 6.08 Å². The van der Waals surface area contributed by atoms with Gasteiger partial charge in [0.25, 0.3) is 0 Å². The molecule has 2 nitrogen and oxygen atoms in total. The van der Waals surface area contributed by atoms with Crippen LogP contribution < -0.4 is 0 Å². The Hall–Kier alpha value is -1.67. The zero-order valence-electron chi connectivity index (χ0n) is 11.5. The van der Waals surface area contributed by atoms with E-state index >= 15 is 0 Å². The van der Waals surface area contributed by atoms with Crippen LogP contribution in [-0.4, -0.2) is 30.3 Å². The molecule has 0 aliphatic carbocycles. The predicted octanol–water partition coefficient (Wildman–Crippen LogP) is 3.31. The van der Waals surface area contributed by atoms with Gasteiger partial charge >= 0.3 is 0 Å². The first-order chi connectivity index (χ1) is 9.25. The molecule has 0 aromatic heterocycles. The van der Waals surface area contributed by atoms with Crippen molar-refractivity contribution in [2.75, 3.05) is 13.6 Å². The lowest BCUT2D eigenvalue weighted by Crippen LogP contribution is -2.26. The van der Waals surface area contributed by atoms with Crippen molar-refractivity contribution in [1.82, 2.24) is 4.90 Å². The lowest BCUT2D eigenvalue weighted by atomic mass is 10.1. The van der Waals surface area contributed by atoms with E-state index in [0.29, 0.717) is 12.5 Å². The van der Waals surface area contributed by atoms with Gasteiger partial charge in [-0.25, -0.2) is 0 Å². The van der Waals surface area contributed by atoms with Gasteiger partial charge in [-0.3, -0.25) is 4.79 Å². The number of likely N-dealkylation sites (tertiary alicyclic amines) is 1. The summed E-state index contributed by atoms with van der Waals surface area (Å²) in [5.74, 6) is 0.219. The molecule has 0 amide bonds. The fraction of sp³-hybridized carbons (Fsp3) is 0.353. The standard InChI is InChI=1S/C17H21NO/c1-18-13-7-11-16(18)14-17(19)12-6-5-10-15-8-3-2-4-9-15/h2-6,8-10,12,16H,7,11,13-14H2,1H3. The van der Waals surface area contributed by atoms with Crippen LogP contribution in [0.15, 0.2) is 48.6 Å². The number of allylic oxidation sites excluding steroid dienone is 3. The van der Waals surface area contributed by atoms with Crippen molar-refractivity contribution in [3.63, 3.8) is 0 Å². The number of carbonyl (C=O) groups excluding carboxylic acids is 1. The van der Waals surface area contributed by atoms with E-state index in [1.165, 1.54) is 6.42 Å². The zero-order chi connectivity index (χ0) is 13.5. The summed E-state index contributed by atoms with van der Waals surface area (Å²) in [5.41, 5.74) is 1.15. The third-order valence-corrected chi connectivity index (χ3v) is 3.59. The van der Waals surface area contributed by atoms with Crippen molar-refractivity contribution in [2.45, 2.75) is 25.3 Å². The quantitative estimate of drug-likeness (QED) is 0.594. The van der Waals surface area contributed by atoms with Crippen molar-refractivity contribution in [3.05, 3.63) is 54.1 Å². The zero-order valence-corrected chi connectivity index (χ0v) is 11.5. The van der Waals surface area contributed by atoms with Gasteiger partial charge < -0.3 is 4.90 Å². The molecule has 0 bridgehead atoms. The van der Waals surface area contributed by atoms with E-state index in [9.17, 15) is 4.79 Å². The fourth-order valence-electron chi connectivity index (χ4n) is 2.43. The molecule has 1 aliphatic heterocycles. The lowest BCUT2D eigenvalue weighted by molar-refractivity contribution is -0.115. The van der Waals surface area contributed by atoms with Crippen LogP contribution >= 0.6 is 0 Å². The summed E-state index contributed by atoms with van der Waals surface area (Å²) in [4.78, 5) is 14.1. The highest BCUT2D eigenvalue weighted by Crippen LogP contribution is 2.18. The van der Waals surface area contributed by atoms with Gasteiger partial charge in [0.2, 0.25) is 0 Å². The number of rotatable bonds is 5. The van der Waals surface area contributed by atoms with Gasteiger partial charge in [-0.1, -0.05) is 48.6 Å². The minimum absolute atomic E-state index is 0.219. The molecule has 0 spiro atoms. The molecule has 19 heavy (non-hydrogen) atoms. The molecule has 1 aromatic carbocycles. The largest absolute Gasteiger partial charge is 0.303 e. The minimum atomic E-state index is 0.219. The monoisotopic (exact) mass is 255 g/mol. The Kier molecular flexibility index (Phi) is 5.10. The number of nitrogens with zero attached hydrogens (tertiary/aromatic N) is 1. The summed E-state index contributed by atoms with van der Waals surface area (Å²) < 4.78 is 0. The molecule has 0 N–H and O–H groups in total. The first-order valence-electron chi connectivity index (χ1n) is 6.88. The third-order valence-electron chi connectivity index (χ3n) is 3.59. The van der Waals surface area contributed by atoms with E-state index in [1.54, 1.807) is 6.08 Å². The molecule has 1 aromatic rings. The van der Waals surface area contributed by atoms with Crippen LogP contribution in [-0.2, 0) is 4.79 Å². The summed E-state index contributed by atoms with van der Waals surface area (Å²) in [5, 5.41) is 0. The molecular formula is C17H21NO. The van der Waals surface area contributed by atoms with Crippen molar-refractivity contribution in [2.24, 2.45) is 0 Å². The Bertz CT molecular complexity index is 461. The number of hydrogen-bond acceptors (Lipinski definition) is 2. The van der Waals surface area contributed by atoms with Gasteiger partial charge in [0.15, 0.2) is 5.78 Å². The molecule has 1 heterocycles. The molecule has 1 saturated heterocycles. The van der Waals surface area contributed by atoms with Crippen molar-refractivity contribution >= 4 is 11.9 Å². The van der Waals surface area contributed by atoms with Crippen LogP contribution in [0.2, 0.25) is 0 Å². The highest BCUT2D eigenvalue weighted by atomic mass is 16.1. The molecule has 2 rings (SSSR count). The number of carbonyl (C=O) groups is 1. The van der Waals surface area contributed by atoms with Gasteiger partial charge in [-0.05, 0) is 38.1 Å². The van der Waals surface area contributed by atoms with Gasteiger partial charge in [-0.2, -0.15) is 0 Å². The fourth-order valence-corrected chi connectivity index (χ4v) is 2.43. The maximum Gasteiger partial charge on any atom is 0.157 e. The van der Waals surface area contributed by atoms with Crippen molar-refractivity contribution < 1.29 is 4.79 Å². The number of hydrogen-bond donors (Lipinski definition) is 0. The average molecular weight is 255 g/mol. The van der Waals surface area contributed by atoms with Crippen LogP contribution in [0.1, 0.15) is 24.8 Å². The van der Waals surface area contributed by atoms with Crippen molar-refractivity contribution in [1.29, 1.82) is 0 Å². The molecule has 1 fully saturated rings. The molecule has 100 valence electrons. The third kappa shape index (κ3) is 4.49. The maximum atomic E-state index is 11.8. The molecular weight excluding hydrogens is 234 g/mol. The van der Waals surface area contributed by atoms with E-state index in [-0.39, 0.29) is 5.78 Å². The summed E-state index contributed by atoms with van der Waals surface area (Å²) >= 11 is 0. The second kappa shape index (κ2) is 7.05. The van der Waals surface area contributed by atoms with Gasteiger partial charge in [0.05, 0.1) is 0 Å². The molecule has 1 atom stereocenters. The predicted molar refractivity (Wildman–Crippen MR) is 79.9 cm³/mol. The van der Waals surface area contributed by atoms with E-state index < -0.39 is 0 Å². The van der Waals surface area contributed by atoms with Crippen LogP contribution in [0, 0.1) is 0 Å². The van der Waals surface area contributed by atoms with Crippen LogP contribution in [0.5, 0.6) is 0 Å². The van der Waals surface area contributed by atoms with Gasteiger partial charge in [-0.15, -0.1) is 0 Å². The number of ketones is 1. The van der Waals surface area contributed by atoms with E-state index in [4.69, 9.17) is 0 Å².